The van der Waals surface area contributed by atoms with E-state index in [2.05, 4.69) is 0 Å². The van der Waals surface area contributed by atoms with Crippen LogP contribution in [0, 0.1) is 29.1 Å². The lowest BCUT2D eigenvalue weighted by molar-refractivity contribution is 0.207. The Balaban J connectivity index is 2.50. The van der Waals surface area contributed by atoms with Crippen molar-refractivity contribution in [1.82, 2.24) is 0 Å². The minimum absolute atomic E-state index is 0.439. The minimum Gasteiger partial charge on any atom is -0.383 e. The summed E-state index contributed by atoms with van der Waals surface area (Å²) in [6, 6.07) is 3.66. The second-order valence-electron chi connectivity index (χ2n) is 3.83. The number of halogens is 5. The largest absolute Gasteiger partial charge is 0.383 e. The molecule has 0 fully saturated rings. The summed E-state index contributed by atoms with van der Waals surface area (Å²) in [6.45, 7) is 0. The molecule has 0 aliphatic heterocycles. The zero-order chi connectivity index (χ0) is 14.2. The molecule has 0 bridgehead atoms. The van der Waals surface area contributed by atoms with Gasteiger partial charge in [0.15, 0.2) is 17.5 Å². The van der Waals surface area contributed by atoms with Gasteiger partial charge in [-0.1, -0.05) is 12.1 Å². The van der Waals surface area contributed by atoms with Gasteiger partial charge in [-0.15, -0.1) is 0 Å². The first-order chi connectivity index (χ1) is 8.91. The van der Waals surface area contributed by atoms with Crippen LogP contribution in [0.15, 0.2) is 30.3 Å². The van der Waals surface area contributed by atoms with Crippen LogP contribution in [-0.2, 0) is 0 Å². The lowest BCUT2D eigenvalue weighted by atomic mass is 10.00. The van der Waals surface area contributed by atoms with E-state index in [0.29, 0.717) is 12.1 Å². The fourth-order valence-corrected chi connectivity index (χ4v) is 1.64. The zero-order valence-corrected chi connectivity index (χ0v) is 9.30. The summed E-state index contributed by atoms with van der Waals surface area (Å²) in [5, 5.41) is 9.77. The molecular weight excluding hydrogens is 267 g/mol. The van der Waals surface area contributed by atoms with Crippen LogP contribution in [0.1, 0.15) is 17.2 Å². The van der Waals surface area contributed by atoms with Crippen LogP contribution in [0.4, 0.5) is 22.0 Å². The van der Waals surface area contributed by atoms with E-state index in [0.717, 1.165) is 18.2 Å². The monoisotopic (exact) mass is 274 g/mol. The van der Waals surface area contributed by atoms with E-state index in [9.17, 15) is 27.1 Å². The van der Waals surface area contributed by atoms with Crippen molar-refractivity contribution in [2.24, 2.45) is 0 Å². The lowest BCUT2D eigenvalue weighted by Crippen LogP contribution is -2.07. The van der Waals surface area contributed by atoms with E-state index in [1.165, 1.54) is 0 Å². The van der Waals surface area contributed by atoms with Gasteiger partial charge in [0.25, 0.3) is 0 Å². The molecule has 1 N–H and O–H groups in total. The number of hydrogen-bond acceptors (Lipinski definition) is 1. The van der Waals surface area contributed by atoms with E-state index in [1.54, 1.807) is 0 Å². The van der Waals surface area contributed by atoms with Crippen molar-refractivity contribution >= 4 is 0 Å². The Morgan fingerprint density at radius 2 is 1.37 bits per heavy atom. The minimum atomic E-state index is -1.87. The quantitative estimate of drug-likeness (QED) is 0.656. The second kappa shape index (κ2) is 4.97. The first kappa shape index (κ1) is 13.5. The standard InChI is InChI=1S/C13H7F5O/c14-6-1-2-7(10(16)5-6)13(19)8-3-4-9(15)12(18)11(8)17/h1-5,13,19H. The van der Waals surface area contributed by atoms with Gasteiger partial charge in [-0.25, -0.2) is 22.0 Å². The first-order valence-electron chi connectivity index (χ1n) is 5.18. The van der Waals surface area contributed by atoms with Crippen LogP contribution >= 0.6 is 0 Å². The summed E-state index contributed by atoms with van der Waals surface area (Å²) in [5.74, 6) is -6.79. The van der Waals surface area contributed by atoms with Crippen LogP contribution in [0.2, 0.25) is 0 Å². The number of aliphatic hydroxyl groups excluding tert-OH is 1. The zero-order valence-electron chi connectivity index (χ0n) is 9.30. The van der Waals surface area contributed by atoms with E-state index in [1.807, 2.05) is 0 Å². The SMILES string of the molecule is OC(c1ccc(F)cc1F)c1ccc(F)c(F)c1F. The summed E-state index contributed by atoms with van der Waals surface area (Å²) in [7, 11) is 0. The average Bonchev–Trinajstić information content (AvgIpc) is 2.35. The molecule has 1 unspecified atom stereocenters. The number of aliphatic hydroxyl groups is 1. The van der Waals surface area contributed by atoms with Crippen LogP contribution in [-0.4, -0.2) is 5.11 Å². The molecule has 0 aromatic heterocycles. The van der Waals surface area contributed by atoms with Gasteiger partial charge in [-0.05, 0) is 12.1 Å². The third-order valence-electron chi connectivity index (χ3n) is 2.62. The topological polar surface area (TPSA) is 20.2 Å². The fourth-order valence-electron chi connectivity index (χ4n) is 1.64. The fraction of sp³-hybridized carbons (Fsp3) is 0.0769. The summed E-state index contributed by atoms with van der Waals surface area (Å²) in [6.07, 6.45) is -1.87. The van der Waals surface area contributed by atoms with Crippen molar-refractivity contribution < 1.29 is 27.1 Å². The highest BCUT2D eigenvalue weighted by molar-refractivity contribution is 5.32. The molecule has 0 amide bonds. The molecule has 2 aromatic carbocycles. The normalized spacial score (nSPS) is 12.5. The molecule has 19 heavy (non-hydrogen) atoms. The Morgan fingerprint density at radius 1 is 0.737 bits per heavy atom. The van der Waals surface area contributed by atoms with Gasteiger partial charge in [0.2, 0.25) is 0 Å². The van der Waals surface area contributed by atoms with Crippen molar-refractivity contribution in [1.29, 1.82) is 0 Å². The van der Waals surface area contributed by atoms with Gasteiger partial charge in [-0.3, -0.25) is 0 Å². The Labute approximate surface area is 104 Å². The second-order valence-corrected chi connectivity index (χ2v) is 3.83. The average molecular weight is 274 g/mol. The van der Waals surface area contributed by atoms with E-state index in [-0.39, 0.29) is 0 Å². The molecule has 0 aliphatic carbocycles. The Morgan fingerprint density at radius 3 is 2.00 bits per heavy atom. The molecule has 0 saturated heterocycles. The Bertz CT molecular complexity index is 627. The molecule has 0 aliphatic rings. The van der Waals surface area contributed by atoms with E-state index < -0.39 is 46.3 Å². The third-order valence-corrected chi connectivity index (χ3v) is 2.62. The number of hydrogen-bond donors (Lipinski definition) is 1. The van der Waals surface area contributed by atoms with Crippen molar-refractivity contribution in [2.75, 3.05) is 0 Å². The molecular formula is C13H7F5O. The predicted molar refractivity (Wildman–Crippen MR) is 56.7 cm³/mol. The predicted octanol–water partition coefficient (Wildman–Crippen LogP) is 3.46. The van der Waals surface area contributed by atoms with Crippen LogP contribution < -0.4 is 0 Å². The maximum absolute atomic E-state index is 13.4. The smallest absolute Gasteiger partial charge is 0.194 e. The molecule has 2 rings (SSSR count). The van der Waals surface area contributed by atoms with Gasteiger partial charge in [0, 0.05) is 17.2 Å². The van der Waals surface area contributed by atoms with Gasteiger partial charge in [-0.2, -0.15) is 0 Å². The number of benzene rings is 2. The summed E-state index contributed by atoms with van der Waals surface area (Å²) < 4.78 is 65.3. The molecule has 0 spiro atoms. The highest BCUT2D eigenvalue weighted by Crippen LogP contribution is 2.28. The van der Waals surface area contributed by atoms with Crippen LogP contribution in [0.3, 0.4) is 0 Å². The van der Waals surface area contributed by atoms with Crippen molar-refractivity contribution in [3.63, 3.8) is 0 Å². The van der Waals surface area contributed by atoms with Gasteiger partial charge < -0.3 is 5.11 Å². The molecule has 1 nitrogen and oxygen atoms in total. The van der Waals surface area contributed by atoms with Crippen LogP contribution in [0.25, 0.3) is 0 Å². The Hall–Kier alpha value is -1.95. The summed E-state index contributed by atoms with van der Waals surface area (Å²) in [4.78, 5) is 0. The number of rotatable bonds is 2. The molecule has 0 heterocycles. The third kappa shape index (κ3) is 2.44. The lowest BCUT2D eigenvalue weighted by Gasteiger charge is -2.13. The highest BCUT2D eigenvalue weighted by atomic mass is 19.2. The highest BCUT2D eigenvalue weighted by Gasteiger charge is 2.22. The molecule has 1 atom stereocenters. The van der Waals surface area contributed by atoms with Crippen LogP contribution in [0.5, 0.6) is 0 Å². The van der Waals surface area contributed by atoms with Gasteiger partial charge in [0.1, 0.15) is 17.7 Å². The maximum Gasteiger partial charge on any atom is 0.194 e. The molecule has 0 saturated carbocycles. The van der Waals surface area contributed by atoms with E-state index in [4.69, 9.17) is 0 Å². The van der Waals surface area contributed by atoms with Gasteiger partial charge >= 0.3 is 0 Å². The van der Waals surface area contributed by atoms with Gasteiger partial charge in [0.05, 0.1) is 0 Å². The molecule has 100 valence electrons. The summed E-state index contributed by atoms with van der Waals surface area (Å²) >= 11 is 0. The molecule has 6 heteroatoms. The van der Waals surface area contributed by atoms with Crippen molar-refractivity contribution in [3.8, 4) is 0 Å². The van der Waals surface area contributed by atoms with E-state index >= 15 is 0 Å². The first-order valence-corrected chi connectivity index (χ1v) is 5.18. The van der Waals surface area contributed by atoms with Crippen molar-refractivity contribution in [3.05, 3.63) is 70.5 Å². The maximum atomic E-state index is 13.4. The summed E-state index contributed by atoms with van der Waals surface area (Å²) in [5.41, 5.74) is -1.07. The van der Waals surface area contributed by atoms with Crippen molar-refractivity contribution in [2.45, 2.75) is 6.10 Å². The molecule has 2 aromatic rings. The molecule has 0 radical (unpaired) electrons. The Kier molecular flexibility index (Phi) is 3.53.